The number of hydrogen-bond acceptors (Lipinski definition) is 4. The minimum atomic E-state index is 0.258. The second kappa shape index (κ2) is 12.7. The van der Waals surface area contributed by atoms with Gasteiger partial charge in [-0.15, -0.1) is 0 Å². The van der Waals surface area contributed by atoms with Gasteiger partial charge in [-0.3, -0.25) is 4.99 Å². The van der Waals surface area contributed by atoms with Gasteiger partial charge >= 0.3 is 0 Å². The summed E-state index contributed by atoms with van der Waals surface area (Å²) < 4.78 is 7.66. The molecule has 0 saturated carbocycles. The molecule has 0 aliphatic rings. The molecule has 0 saturated heterocycles. The predicted octanol–water partition coefficient (Wildman–Crippen LogP) is 4.11. The summed E-state index contributed by atoms with van der Waals surface area (Å²) in [5.41, 5.74) is 4.81. The number of aromatic nitrogens is 3. The first-order valence-corrected chi connectivity index (χ1v) is 11.7. The van der Waals surface area contributed by atoms with E-state index in [0.717, 1.165) is 25.5 Å². The summed E-state index contributed by atoms with van der Waals surface area (Å²) in [5, 5.41) is 11.0. The van der Waals surface area contributed by atoms with Crippen LogP contribution in [0.15, 0.2) is 66.2 Å². The van der Waals surface area contributed by atoms with E-state index in [1.165, 1.54) is 22.3 Å². The fraction of sp³-hybridized carbons (Fsp3) is 0.423. The van der Waals surface area contributed by atoms with Crippen LogP contribution in [0.4, 0.5) is 0 Å². The average Bonchev–Trinajstić information content (AvgIpc) is 3.34. The molecular formula is C26H36N6O. The largest absolute Gasteiger partial charge is 0.378 e. The molecule has 0 aliphatic heterocycles. The molecule has 7 heteroatoms. The number of rotatable bonds is 11. The van der Waals surface area contributed by atoms with E-state index in [1.807, 2.05) is 11.6 Å². The number of aliphatic imine (C=N–C) groups is 1. The van der Waals surface area contributed by atoms with E-state index in [9.17, 15) is 0 Å². The lowest BCUT2D eigenvalue weighted by atomic mass is 9.98. The van der Waals surface area contributed by atoms with Crippen LogP contribution in [0.2, 0.25) is 0 Å². The topological polar surface area (TPSA) is 76.4 Å². The molecule has 1 heterocycles. The Bertz CT molecular complexity index is 982. The maximum Gasteiger partial charge on any atom is 0.191 e. The van der Waals surface area contributed by atoms with E-state index < -0.39 is 0 Å². The normalized spacial score (nSPS) is 12.7. The van der Waals surface area contributed by atoms with Gasteiger partial charge in [0.15, 0.2) is 5.96 Å². The molecule has 0 radical (unpaired) electrons. The molecule has 176 valence electrons. The fourth-order valence-corrected chi connectivity index (χ4v) is 3.80. The lowest BCUT2D eigenvalue weighted by Crippen LogP contribution is -2.39. The minimum absolute atomic E-state index is 0.258. The number of benzene rings is 2. The average molecular weight is 449 g/mol. The Balaban J connectivity index is 1.58. The Labute approximate surface area is 197 Å². The Hall–Kier alpha value is -3.19. The number of guanidine groups is 1. The highest BCUT2D eigenvalue weighted by Crippen LogP contribution is 2.24. The van der Waals surface area contributed by atoms with E-state index in [1.54, 1.807) is 19.7 Å². The van der Waals surface area contributed by atoms with Gasteiger partial charge in [-0.2, -0.15) is 5.10 Å². The molecule has 1 unspecified atom stereocenters. The fourth-order valence-electron chi connectivity index (χ4n) is 3.80. The van der Waals surface area contributed by atoms with E-state index in [-0.39, 0.29) is 6.10 Å². The Morgan fingerprint density at radius 3 is 2.55 bits per heavy atom. The van der Waals surface area contributed by atoms with Gasteiger partial charge in [0.2, 0.25) is 0 Å². The van der Waals surface area contributed by atoms with Crippen molar-refractivity contribution >= 4 is 5.96 Å². The van der Waals surface area contributed by atoms with Crippen molar-refractivity contribution in [2.45, 2.75) is 46.4 Å². The van der Waals surface area contributed by atoms with Gasteiger partial charge < -0.3 is 15.4 Å². The monoisotopic (exact) mass is 448 g/mol. The van der Waals surface area contributed by atoms with Crippen LogP contribution in [-0.2, 0) is 17.8 Å². The summed E-state index contributed by atoms with van der Waals surface area (Å²) in [6.07, 6.45) is 4.50. The van der Waals surface area contributed by atoms with Crippen molar-refractivity contribution in [1.82, 2.24) is 25.4 Å². The Morgan fingerprint density at radius 2 is 1.88 bits per heavy atom. The maximum absolute atomic E-state index is 5.84. The quantitative estimate of drug-likeness (QED) is 0.341. The number of ether oxygens (including phenoxy) is 1. The molecule has 0 amide bonds. The summed E-state index contributed by atoms with van der Waals surface area (Å²) in [4.78, 5) is 8.38. The molecule has 2 N–H and O–H groups in total. The van der Waals surface area contributed by atoms with Crippen LogP contribution < -0.4 is 10.6 Å². The Kier molecular flexibility index (Phi) is 9.44. The molecule has 7 nitrogen and oxygen atoms in total. The van der Waals surface area contributed by atoms with Gasteiger partial charge in [0.05, 0.1) is 12.6 Å². The third kappa shape index (κ3) is 7.43. The lowest BCUT2D eigenvalue weighted by molar-refractivity contribution is 0.0258. The molecule has 1 atom stereocenters. The van der Waals surface area contributed by atoms with Crippen molar-refractivity contribution < 1.29 is 4.74 Å². The van der Waals surface area contributed by atoms with Crippen molar-refractivity contribution in [2.24, 2.45) is 10.9 Å². The third-order valence-corrected chi connectivity index (χ3v) is 5.61. The van der Waals surface area contributed by atoms with Gasteiger partial charge in [0, 0.05) is 26.7 Å². The first-order chi connectivity index (χ1) is 16.1. The molecule has 1 aromatic heterocycles. The maximum atomic E-state index is 5.84. The van der Waals surface area contributed by atoms with Crippen LogP contribution in [0, 0.1) is 5.92 Å². The van der Waals surface area contributed by atoms with Crippen LogP contribution in [0.5, 0.6) is 0 Å². The molecule has 0 aliphatic carbocycles. The zero-order chi connectivity index (χ0) is 23.5. The van der Waals surface area contributed by atoms with E-state index in [2.05, 4.69) is 88.1 Å². The molecule has 3 rings (SSSR count). The zero-order valence-electron chi connectivity index (χ0n) is 20.2. The van der Waals surface area contributed by atoms with E-state index >= 15 is 0 Å². The first kappa shape index (κ1) is 24.5. The van der Waals surface area contributed by atoms with Crippen molar-refractivity contribution in [1.29, 1.82) is 0 Å². The zero-order valence-corrected chi connectivity index (χ0v) is 20.2. The summed E-state index contributed by atoms with van der Waals surface area (Å²) in [7, 11) is 1.80. The van der Waals surface area contributed by atoms with Crippen LogP contribution in [0.3, 0.4) is 0 Å². The molecule has 0 spiro atoms. The van der Waals surface area contributed by atoms with Crippen LogP contribution in [-0.4, -0.2) is 47.0 Å². The van der Waals surface area contributed by atoms with Crippen molar-refractivity contribution in [2.75, 3.05) is 20.2 Å². The van der Waals surface area contributed by atoms with Gasteiger partial charge in [-0.05, 0) is 41.5 Å². The summed E-state index contributed by atoms with van der Waals surface area (Å²) >= 11 is 0. The molecule has 0 fully saturated rings. The lowest BCUT2D eigenvalue weighted by Gasteiger charge is -2.21. The van der Waals surface area contributed by atoms with Crippen LogP contribution in [0.1, 0.15) is 38.3 Å². The van der Waals surface area contributed by atoms with Gasteiger partial charge in [0.25, 0.3) is 0 Å². The SMILES string of the molecule is CCOC(CCNC(=NC)NCc1ccccc1-c1ccc(Cn2cncn2)cc1)C(C)C. The smallest absolute Gasteiger partial charge is 0.191 e. The molecule has 3 aromatic rings. The second-order valence-electron chi connectivity index (χ2n) is 8.33. The highest BCUT2D eigenvalue weighted by atomic mass is 16.5. The summed E-state index contributed by atoms with van der Waals surface area (Å²) in [6, 6.07) is 17.1. The highest BCUT2D eigenvalue weighted by Gasteiger charge is 2.13. The second-order valence-corrected chi connectivity index (χ2v) is 8.33. The van der Waals surface area contributed by atoms with Crippen molar-refractivity contribution in [3.63, 3.8) is 0 Å². The third-order valence-electron chi connectivity index (χ3n) is 5.61. The number of nitrogens with zero attached hydrogens (tertiary/aromatic N) is 4. The number of hydrogen-bond donors (Lipinski definition) is 2. The first-order valence-electron chi connectivity index (χ1n) is 11.7. The Morgan fingerprint density at radius 1 is 1.09 bits per heavy atom. The summed E-state index contributed by atoms with van der Waals surface area (Å²) in [5.74, 6) is 1.29. The van der Waals surface area contributed by atoms with E-state index in [4.69, 9.17) is 4.74 Å². The van der Waals surface area contributed by atoms with Gasteiger partial charge in [-0.1, -0.05) is 62.4 Å². The van der Waals surface area contributed by atoms with Gasteiger partial charge in [0.1, 0.15) is 12.7 Å². The standard InChI is InChI=1S/C26H36N6O/c1-5-33-25(20(2)3)14-15-29-26(27-4)30-16-23-8-6-7-9-24(23)22-12-10-21(11-13-22)17-32-19-28-18-31-32/h6-13,18-20,25H,5,14-17H2,1-4H3,(H2,27,29,30). The van der Waals surface area contributed by atoms with Crippen LogP contribution in [0.25, 0.3) is 11.1 Å². The van der Waals surface area contributed by atoms with Crippen molar-refractivity contribution in [3.8, 4) is 11.1 Å². The number of nitrogens with one attached hydrogen (secondary N) is 2. The molecule has 33 heavy (non-hydrogen) atoms. The van der Waals surface area contributed by atoms with Crippen LogP contribution >= 0.6 is 0 Å². The molecular weight excluding hydrogens is 412 g/mol. The highest BCUT2D eigenvalue weighted by molar-refractivity contribution is 5.80. The van der Waals surface area contributed by atoms with Crippen molar-refractivity contribution in [3.05, 3.63) is 72.3 Å². The summed E-state index contributed by atoms with van der Waals surface area (Å²) in [6.45, 7) is 9.41. The molecule has 2 aromatic carbocycles. The van der Waals surface area contributed by atoms with E-state index in [0.29, 0.717) is 19.0 Å². The minimum Gasteiger partial charge on any atom is -0.378 e. The van der Waals surface area contributed by atoms with Gasteiger partial charge in [-0.25, -0.2) is 9.67 Å². The molecule has 0 bridgehead atoms. The predicted molar refractivity (Wildman–Crippen MR) is 134 cm³/mol.